The number of methoxy groups -OCH3 is 2. The third kappa shape index (κ3) is 7.25. The Bertz CT molecular complexity index is 1140. The fourth-order valence-electron chi connectivity index (χ4n) is 4.78. The Morgan fingerprint density at radius 2 is 1.70 bits per heavy atom. The maximum atomic E-state index is 14.0. The van der Waals surface area contributed by atoms with E-state index < -0.39 is 0 Å². The fourth-order valence-corrected chi connectivity index (χ4v) is 4.91. The molecule has 0 radical (unpaired) electrons. The van der Waals surface area contributed by atoms with E-state index in [2.05, 4.69) is 29.6 Å². The van der Waals surface area contributed by atoms with Crippen molar-refractivity contribution in [1.29, 1.82) is 0 Å². The summed E-state index contributed by atoms with van der Waals surface area (Å²) in [5.74, 6) is 1.79. The molecule has 0 bridgehead atoms. The van der Waals surface area contributed by atoms with Gasteiger partial charge >= 0.3 is 0 Å². The second-order valence-electron chi connectivity index (χ2n) is 9.32. The molecule has 196 valence electrons. The van der Waals surface area contributed by atoms with Crippen LogP contribution in [0.25, 0.3) is 0 Å². The number of hydrogen-bond donors (Lipinski definition) is 1. The molecular formula is C30H35ClN2O4. The van der Waals surface area contributed by atoms with Crippen LogP contribution in [0.15, 0.2) is 72.8 Å². The lowest BCUT2D eigenvalue weighted by Gasteiger charge is -2.29. The van der Waals surface area contributed by atoms with Crippen molar-refractivity contribution < 1.29 is 19.0 Å². The molecule has 0 aliphatic carbocycles. The van der Waals surface area contributed by atoms with Crippen molar-refractivity contribution in [2.24, 2.45) is 11.8 Å². The summed E-state index contributed by atoms with van der Waals surface area (Å²) >= 11 is 6.17. The summed E-state index contributed by atoms with van der Waals surface area (Å²) in [6.07, 6.45) is 1.72. The molecule has 1 aliphatic heterocycles. The van der Waals surface area contributed by atoms with Gasteiger partial charge in [-0.3, -0.25) is 4.79 Å². The highest BCUT2D eigenvalue weighted by Crippen LogP contribution is 2.31. The molecule has 1 aliphatic rings. The summed E-state index contributed by atoms with van der Waals surface area (Å²) < 4.78 is 16.5. The Balaban J connectivity index is 1.57. The van der Waals surface area contributed by atoms with Crippen LogP contribution >= 0.6 is 11.6 Å². The van der Waals surface area contributed by atoms with Crippen LogP contribution in [0.4, 0.5) is 5.69 Å². The minimum atomic E-state index is -0.0860. The minimum Gasteiger partial charge on any atom is -0.493 e. The molecule has 1 amide bonds. The van der Waals surface area contributed by atoms with E-state index in [-0.39, 0.29) is 5.91 Å². The first kappa shape index (κ1) is 27.0. The number of hydrogen-bond acceptors (Lipinski definition) is 5. The first-order valence-electron chi connectivity index (χ1n) is 12.7. The zero-order chi connectivity index (χ0) is 26.0. The van der Waals surface area contributed by atoms with Crippen molar-refractivity contribution in [1.82, 2.24) is 5.32 Å². The van der Waals surface area contributed by atoms with E-state index in [0.717, 1.165) is 31.6 Å². The monoisotopic (exact) mass is 522 g/mol. The van der Waals surface area contributed by atoms with Crippen LogP contribution < -0.4 is 19.7 Å². The molecule has 1 saturated heterocycles. The van der Waals surface area contributed by atoms with Gasteiger partial charge in [0.1, 0.15) is 0 Å². The number of carbonyl (C=O) groups is 1. The highest BCUT2D eigenvalue weighted by Gasteiger charge is 2.31. The van der Waals surface area contributed by atoms with Crippen LogP contribution in [-0.2, 0) is 11.2 Å². The number of rotatable bonds is 12. The van der Waals surface area contributed by atoms with Gasteiger partial charge in [0.2, 0.25) is 0 Å². The zero-order valence-electron chi connectivity index (χ0n) is 21.5. The van der Waals surface area contributed by atoms with E-state index >= 15 is 0 Å². The van der Waals surface area contributed by atoms with E-state index in [1.165, 1.54) is 5.56 Å². The largest absolute Gasteiger partial charge is 0.493 e. The molecule has 0 saturated carbocycles. The van der Waals surface area contributed by atoms with Gasteiger partial charge < -0.3 is 24.4 Å². The summed E-state index contributed by atoms with van der Waals surface area (Å²) in [7, 11) is 3.26. The van der Waals surface area contributed by atoms with E-state index in [1.54, 1.807) is 32.4 Å². The van der Waals surface area contributed by atoms with Gasteiger partial charge in [-0.05, 0) is 79.4 Å². The van der Waals surface area contributed by atoms with Gasteiger partial charge in [-0.25, -0.2) is 0 Å². The Labute approximate surface area is 224 Å². The molecule has 1 heterocycles. The summed E-state index contributed by atoms with van der Waals surface area (Å²) in [6.45, 7) is 3.47. The Kier molecular flexibility index (Phi) is 9.83. The van der Waals surface area contributed by atoms with Crippen LogP contribution in [0.3, 0.4) is 0 Å². The quantitative estimate of drug-likeness (QED) is 0.319. The number of carbonyl (C=O) groups excluding carboxylic acids is 1. The molecule has 1 fully saturated rings. The van der Waals surface area contributed by atoms with Crippen molar-refractivity contribution in [3.8, 4) is 11.5 Å². The number of halogens is 1. The third-order valence-corrected chi connectivity index (χ3v) is 7.03. The summed E-state index contributed by atoms with van der Waals surface area (Å²) in [5, 5.41) is 4.18. The van der Waals surface area contributed by atoms with Gasteiger partial charge in [0, 0.05) is 43.0 Å². The molecule has 0 aromatic heterocycles. The SMILES string of the molecule is COCCCOc1cc(C(=O)N(CC2CNCC2Cc2ccccc2)c2ccc(Cl)cc2)ccc1OC. The van der Waals surface area contributed by atoms with Crippen LogP contribution in [-0.4, -0.2) is 53.0 Å². The number of benzene rings is 3. The van der Waals surface area contributed by atoms with E-state index in [9.17, 15) is 4.79 Å². The fraction of sp³-hybridized carbons (Fsp3) is 0.367. The highest BCUT2D eigenvalue weighted by molar-refractivity contribution is 6.30. The van der Waals surface area contributed by atoms with Gasteiger partial charge in [0.25, 0.3) is 5.91 Å². The average Bonchev–Trinajstić information content (AvgIpc) is 3.36. The Hall–Kier alpha value is -3.06. The van der Waals surface area contributed by atoms with Gasteiger partial charge in [-0.1, -0.05) is 41.9 Å². The maximum absolute atomic E-state index is 14.0. The average molecular weight is 523 g/mol. The van der Waals surface area contributed by atoms with E-state index in [1.807, 2.05) is 35.2 Å². The molecular weight excluding hydrogens is 488 g/mol. The van der Waals surface area contributed by atoms with Crippen LogP contribution in [0, 0.1) is 11.8 Å². The topological polar surface area (TPSA) is 60.0 Å². The van der Waals surface area contributed by atoms with Gasteiger partial charge in [0.05, 0.1) is 13.7 Å². The molecule has 3 aromatic rings. The number of ether oxygens (including phenoxy) is 3. The van der Waals surface area contributed by atoms with Crippen molar-refractivity contribution >= 4 is 23.2 Å². The van der Waals surface area contributed by atoms with Crippen LogP contribution in [0.1, 0.15) is 22.3 Å². The smallest absolute Gasteiger partial charge is 0.258 e. The second kappa shape index (κ2) is 13.5. The van der Waals surface area contributed by atoms with Crippen molar-refractivity contribution in [3.05, 3.63) is 88.9 Å². The number of anilines is 1. The molecule has 1 N–H and O–H groups in total. The molecule has 2 atom stereocenters. The predicted molar refractivity (Wildman–Crippen MR) is 148 cm³/mol. The maximum Gasteiger partial charge on any atom is 0.258 e. The minimum absolute atomic E-state index is 0.0860. The number of nitrogens with one attached hydrogen (secondary N) is 1. The predicted octanol–water partition coefficient (Wildman–Crippen LogP) is 5.49. The van der Waals surface area contributed by atoms with Gasteiger partial charge in [-0.15, -0.1) is 0 Å². The number of nitrogens with zero attached hydrogens (tertiary/aromatic N) is 1. The van der Waals surface area contributed by atoms with Gasteiger partial charge in [-0.2, -0.15) is 0 Å². The summed E-state index contributed by atoms with van der Waals surface area (Å²) in [4.78, 5) is 15.8. The lowest BCUT2D eigenvalue weighted by atomic mass is 9.89. The molecule has 6 nitrogen and oxygen atoms in total. The van der Waals surface area contributed by atoms with Crippen molar-refractivity contribution in [2.45, 2.75) is 12.8 Å². The summed E-state index contributed by atoms with van der Waals surface area (Å²) in [5.41, 5.74) is 2.68. The van der Waals surface area contributed by atoms with Crippen LogP contribution in [0.5, 0.6) is 11.5 Å². The molecule has 0 spiro atoms. The third-order valence-electron chi connectivity index (χ3n) is 6.78. The second-order valence-corrected chi connectivity index (χ2v) is 9.76. The zero-order valence-corrected chi connectivity index (χ0v) is 22.2. The standard InChI is InChI=1S/C30H35ClN2O4/c1-35-15-6-16-37-29-18-23(9-14-28(29)36-2)30(34)33(27-12-10-26(31)11-13-27)21-25-20-32-19-24(25)17-22-7-4-3-5-8-22/h3-5,7-14,18,24-25,32H,6,15-17,19-21H2,1-2H3. The van der Waals surface area contributed by atoms with Gasteiger partial charge in [0.15, 0.2) is 11.5 Å². The van der Waals surface area contributed by atoms with E-state index in [0.29, 0.717) is 53.7 Å². The highest BCUT2D eigenvalue weighted by atomic mass is 35.5. The number of amides is 1. The lowest BCUT2D eigenvalue weighted by molar-refractivity contribution is 0.0980. The van der Waals surface area contributed by atoms with Crippen molar-refractivity contribution in [2.75, 3.05) is 52.0 Å². The lowest BCUT2D eigenvalue weighted by Crippen LogP contribution is -2.38. The molecule has 7 heteroatoms. The molecule has 37 heavy (non-hydrogen) atoms. The molecule has 2 unspecified atom stereocenters. The Morgan fingerprint density at radius 3 is 2.43 bits per heavy atom. The van der Waals surface area contributed by atoms with E-state index in [4.69, 9.17) is 25.8 Å². The normalized spacial score (nSPS) is 16.9. The Morgan fingerprint density at radius 1 is 0.946 bits per heavy atom. The molecule has 4 rings (SSSR count). The van der Waals surface area contributed by atoms with Crippen LogP contribution in [0.2, 0.25) is 5.02 Å². The first-order valence-corrected chi connectivity index (χ1v) is 13.1. The first-order chi connectivity index (χ1) is 18.1. The van der Waals surface area contributed by atoms with Crippen molar-refractivity contribution in [3.63, 3.8) is 0 Å². The summed E-state index contributed by atoms with van der Waals surface area (Å²) in [6, 6.07) is 23.3. The molecule has 3 aromatic carbocycles.